The van der Waals surface area contributed by atoms with Crippen molar-refractivity contribution in [1.82, 2.24) is 9.88 Å². The standard InChI is InChI=1S/C13H20N4OS/c1-3-17(4-2)11(18)7-9-16-13-10(12(14)19)6-5-8-15-13/h5-6,8H,3-4,7,9H2,1-2H3,(H2,14,19)(H,15,16). The number of hydrogen-bond acceptors (Lipinski definition) is 4. The maximum absolute atomic E-state index is 11.8. The van der Waals surface area contributed by atoms with Crippen LogP contribution in [0, 0.1) is 0 Å². The highest BCUT2D eigenvalue weighted by molar-refractivity contribution is 7.80. The first-order valence-electron chi connectivity index (χ1n) is 6.36. The van der Waals surface area contributed by atoms with Crippen molar-refractivity contribution in [3.05, 3.63) is 23.9 Å². The molecule has 19 heavy (non-hydrogen) atoms. The van der Waals surface area contributed by atoms with E-state index in [0.29, 0.717) is 29.3 Å². The number of aromatic nitrogens is 1. The molecular formula is C13H20N4OS. The van der Waals surface area contributed by atoms with Gasteiger partial charge in [0.1, 0.15) is 10.8 Å². The average molecular weight is 280 g/mol. The fraction of sp³-hybridized carbons (Fsp3) is 0.462. The van der Waals surface area contributed by atoms with Gasteiger partial charge in [-0.1, -0.05) is 12.2 Å². The van der Waals surface area contributed by atoms with E-state index in [2.05, 4.69) is 10.3 Å². The van der Waals surface area contributed by atoms with Gasteiger partial charge < -0.3 is 16.0 Å². The number of pyridine rings is 1. The number of carbonyl (C=O) groups excluding carboxylic acids is 1. The molecule has 104 valence electrons. The number of thiocarbonyl (C=S) groups is 1. The molecule has 0 saturated carbocycles. The molecule has 0 aromatic carbocycles. The molecule has 0 fully saturated rings. The number of hydrogen-bond donors (Lipinski definition) is 2. The molecule has 1 aromatic rings. The Bertz CT molecular complexity index is 446. The smallest absolute Gasteiger partial charge is 0.224 e. The first kappa shape index (κ1) is 15.4. The van der Waals surface area contributed by atoms with Crippen LogP contribution >= 0.6 is 12.2 Å². The molecule has 1 rings (SSSR count). The number of carbonyl (C=O) groups is 1. The van der Waals surface area contributed by atoms with Crippen LogP contribution in [0.2, 0.25) is 0 Å². The fourth-order valence-corrected chi connectivity index (χ4v) is 1.93. The maximum atomic E-state index is 11.8. The normalized spacial score (nSPS) is 10.0. The first-order chi connectivity index (χ1) is 9.10. The Morgan fingerprint density at radius 3 is 2.74 bits per heavy atom. The van der Waals surface area contributed by atoms with E-state index in [1.807, 2.05) is 19.9 Å². The summed E-state index contributed by atoms with van der Waals surface area (Å²) >= 11 is 4.95. The summed E-state index contributed by atoms with van der Waals surface area (Å²) < 4.78 is 0. The highest BCUT2D eigenvalue weighted by Crippen LogP contribution is 2.11. The lowest BCUT2D eigenvalue weighted by molar-refractivity contribution is -0.130. The quantitative estimate of drug-likeness (QED) is 0.739. The number of rotatable bonds is 7. The molecule has 0 radical (unpaired) electrons. The van der Waals surface area contributed by atoms with Gasteiger partial charge in [-0.3, -0.25) is 4.79 Å². The van der Waals surface area contributed by atoms with Crippen molar-refractivity contribution in [3.63, 3.8) is 0 Å². The highest BCUT2D eigenvalue weighted by Gasteiger charge is 2.10. The average Bonchev–Trinajstić information content (AvgIpc) is 2.40. The molecule has 0 aliphatic heterocycles. The van der Waals surface area contributed by atoms with E-state index >= 15 is 0 Å². The zero-order chi connectivity index (χ0) is 14.3. The molecule has 1 heterocycles. The van der Waals surface area contributed by atoms with Crippen LogP contribution in [0.4, 0.5) is 5.82 Å². The first-order valence-corrected chi connectivity index (χ1v) is 6.77. The summed E-state index contributed by atoms with van der Waals surface area (Å²) in [6, 6.07) is 3.59. The van der Waals surface area contributed by atoms with Gasteiger partial charge in [-0.25, -0.2) is 4.98 Å². The Morgan fingerprint density at radius 2 is 2.16 bits per heavy atom. The molecular weight excluding hydrogens is 260 g/mol. The van der Waals surface area contributed by atoms with Crippen LogP contribution in [0.5, 0.6) is 0 Å². The summed E-state index contributed by atoms with van der Waals surface area (Å²) in [5, 5.41) is 3.10. The predicted molar refractivity (Wildman–Crippen MR) is 81.2 cm³/mol. The summed E-state index contributed by atoms with van der Waals surface area (Å²) in [7, 11) is 0. The van der Waals surface area contributed by atoms with E-state index in [4.69, 9.17) is 18.0 Å². The highest BCUT2D eigenvalue weighted by atomic mass is 32.1. The van der Waals surface area contributed by atoms with Gasteiger partial charge in [0.15, 0.2) is 0 Å². The molecule has 6 heteroatoms. The molecule has 0 unspecified atom stereocenters. The van der Waals surface area contributed by atoms with Crippen molar-refractivity contribution < 1.29 is 4.79 Å². The third-order valence-electron chi connectivity index (χ3n) is 2.82. The lowest BCUT2D eigenvalue weighted by atomic mass is 10.2. The predicted octanol–water partition coefficient (Wildman–Crippen LogP) is 1.39. The summed E-state index contributed by atoms with van der Waals surface area (Å²) in [4.78, 5) is 18.1. The Kier molecular flexibility index (Phi) is 6.21. The zero-order valence-corrected chi connectivity index (χ0v) is 12.2. The van der Waals surface area contributed by atoms with Crippen molar-refractivity contribution in [2.24, 2.45) is 5.73 Å². The molecule has 3 N–H and O–H groups in total. The third-order valence-corrected chi connectivity index (χ3v) is 3.04. The van der Waals surface area contributed by atoms with Crippen molar-refractivity contribution in [2.45, 2.75) is 20.3 Å². The summed E-state index contributed by atoms with van der Waals surface area (Å²) in [5.74, 6) is 0.757. The molecule has 0 saturated heterocycles. The summed E-state index contributed by atoms with van der Waals surface area (Å²) in [5.41, 5.74) is 6.32. The third kappa shape index (κ3) is 4.48. The Hall–Kier alpha value is -1.69. The Balaban J connectivity index is 2.54. The SMILES string of the molecule is CCN(CC)C(=O)CCNc1ncccc1C(N)=S. The lowest BCUT2D eigenvalue weighted by Crippen LogP contribution is -2.31. The second kappa shape index (κ2) is 7.68. The van der Waals surface area contributed by atoms with Crippen LogP contribution in [0.15, 0.2) is 18.3 Å². The second-order valence-electron chi connectivity index (χ2n) is 4.01. The number of anilines is 1. The van der Waals surface area contributed by atoms with Crippen LogP contribution < -0.4 is 11.1 Å². The van der Waals surface area contributed by atoms with Gasteiger partial charge in [-0.05, 0) is 26.0 Å². The lowest BCUT2D eigenvalue weighted by Gasteiger charge is -2.18. The number of amides is 1. The number of nitrogens with two attached hydrogens (primary N) is 1. The Morgan fingerprint density at radius 1 is 1.47 bits per heavy atom. The van der Waals surface area contributed by atoms with Crippen molar-refractivity contribution in [2.75, 3.05) is 25.0 Å². The summed E-state index contributed by atoms with van der Waals surface area (Å²) in [6.07, 6.45) is 2.09. The number of nitrogens with one attached hydrogen (secondary N) is 1. The van der Waals surface area contributed by atoms with Crippen LogP contribution in [0.3, 0.4) is 0 Å². The van der Waals surface area contributed by atoms with Gasteiger partial charge in [0.2, 0.25) is 5.91 Å². The van der Waals surface area contributed by atoms with Gasteiger partial charge in [0.25, 0.3) is 0 Å². The minimum absolute atomic E-state index is 0.130. The molecule has 5 nitrogen and oxygen atoms in total. The van der Waals surface area contributed by atoms with Gasteiger partial charge in [-0.15, -0.1) is 0 Å². The van der Waals surface area contributed by atoms with Crippen molar-refractivity contribution >= 4 is 28.9 Å². The van der Waals surface area contributed by atoms with Gasteiger partial charge >= 0.3 is 0 Å². The van der Waals surface area contributed by atoms with Crippen LogP contribution in [0.25, 0.3) is 0 Å². The molecule has 1 aromatic heterocycles. The van der Waals surface area contributed by atoms with Gasteiger partial charge in [-0.2, -0.15) is 0 Å². The van der Waals surface area contributed by atoms with E-state index in [0.717, 1.165) is 13.1 Å². The minimum Gasteiger partial charge on any atom is -0.389 e. The molecule has 0 atom stereocenters. The van der Waals surface area contributed by atoms with Crippen molar-refractivity contribution in [3.8, 4) is 0 Å². The van der Waals surface area contributed by atoms with Crippen LogP contribution in [-0.2, 0) is 4.79 Å². The zero-order valence-electron chi connectivity index (χ0n) is 11.3. The van der Waals surface area contributed by atoms with E-state index in [1.54, 1.807) is 17.2 Å². The monoisotopic (exact) mass is 280 g/mol. The maximum Gasteiger partial charge on any atom is 0.224 e. The van der Waals surface area contributed by atoms with Crippen molar-refractivity contribution in [1.29, 1.82) is 0 Å². The summed E-state index contributed by atoms with van der Waals surface area (Å²) in [6.45, 7) is 5.92. The molecule has 0 aliphatic carbocycles. The fourth-order valence-electron chi connectivity index (χ4n) is 1.77. The number of nitrogens with zero attached hydrogens (tertiary/aromatic N) is 2. The van der Waals surface area contributed by atoms with E-state index in [-0.39, 0.29) is 5.91 Å². The van der Waals surface area contributed by atoms with E-state index in [9.17, 15) is 4.79 Å². The topological polar surface area (TPSA) is 71.2 Å². The van der Waals surface area contributed by atoms with Gasteiger partial charge in [0, 0.05) is 32.3 Å². The van der Waals surface area contributed by atoms with E-state index < -0.39 is 0 Å². The Labute approximate surface area is 119 Å². The van der Waals surface area contributed by atoms with Crippen LogP contribution in [0.1, 0.15) is 25.8 Å². The van der Waals surface area contributed by atoms with E-state index in [1.165, 1.54) is 0 Å². The minimum atomic E-state index is 0.130. The van der Waals surface area contributed by atoms with Crippen LogP contribution in [-0.4, -0.2) is 40.4 Å². The molecule has 0 spiro atoms. The molecule has 0 bridgehead atoms. The molecule has 1 amide bonds. The largest absolute Gasteiger partial charge is 0.389 e. The second-order valence-corrected chi connectivity index (χ2v) is 4.45. The van der Waals surface area contributed by atoms with Gasteiger partial charge in [0.05, 0.1) is 5.56 Å². The molecule has 0 aliphatic rings.